The van der Waals surface area contributed by atoms with Gasteiger partial charge in [0, 0.05) is 54.8 Å². The lowest BCUT2D eigenvalue weighted by Crippen LogP contribution is -2.25. The van der Waals surface area contributed by atoms with E-state index in [1.165, 1.54) is 22.7 Å². The number of hydrogen-bond donors (Lipinski definition) is 1. The van der Waals surface area contributed by atoms with Gasteiger partial charge in [-0.3, -0.25) is 0 Å². The first-order valence-electron chi connectivity index (χ1n) is 8.37. The van der Waals surface area contributed by atoms with E-state index in [2.05, 4.69) is 27.0 Å². The number of aromatic nitrogens is 2. The number of alkyl halides is 3. The quantitative estimate of drug-likeness (QED) is 0.779. The highest BCUT2D eigenvalue weighted by Crippen LogP contribution is 2.30. The van der Waals surface area contributed by atoms with Crippen molar-refractivity contribution >= 4 is 10.9 Å². The minimum absolute atomic E-state index is 0.468. The molecule has 3 aromatic rings. The monoisotopic (exact) mass is 345 g/mol. The van der Waals surface area contributed by atoms with Crippen LogP contribution in [0.3, 0.4) is 0 Å². The predicted octanol–water partition coefficient (Wildman–Crippen LogP) is 3.94. The summed E-state index contributed by atoms with van der Waals surface area (Å²) in [6.45, 7) is 2.39. The summed E-state index contributed by atoms with van der Waals surface area (Å²) in [5.41, 5.74) is 3.37. The zero-order chi connectivity index (χ0) is 17.4. The van der Waals surface area contributed by atoms with Gasteiger partial charge in [0.05, 0.1) is 0 Å². The number of rotatable bonds is 3. The molecule has 0 bridgehead atoms. The van der Waals surface area contributed by atoms with E-state index >= 15 is 0 Å². The zero-order valence-electron chi connectivity index (χ0n) is 13.6. The third-order valence-electron chi connectivity index (χ3n) is 4.72. The maximum Gasteiger partial charge on any atom is 0.433 e. The van der Waals surface area contributed by atoms with Crippen LogP contribution in [0.15, 0.2) is 42.5 Å². The Labute approximate surface area is 143 Å². The molecule has 1 aliphatic heterocycles. The molecule has 25 heavy (non-hydrogen) atoms. The van der Waals surface area contributed by atoms with E-state index in [4.69, 9.17) is 0 Å². The van der Waals surface area contributed by atoms with Gasteiger partial charge in [0.2, 0.25) is 0 Å². The number of fused-ring (bicyclic) bond motifs is 3. The van der Waals surface area contributed by atoms with Crippen molar-refractivity contribution in [3.8, 4) is 0 Å². The van der Waals surface area contributed by atoms with E-state index in [1.54, 1.807) is 6.07 Å². The Morgan fingerprint density at radius 1 is 1.08 bits per heavy atom. The first kappa shape index (κ1) is 16.1. The standard InChI is InChI=1S/C19H18F3N3/c20-19(21,22)18-7-3-4-13(24-18)9-11-25-16-6-2-1-5-14(16)15-12-23-10-8-17(15)25/h1-7,23H,8-12H2. The average molecular weight is 345 g/mol. The minimum Gasteiger partial charge on any atom is -0.344 e. The Bertz CT molecular complexity index is 912. The van der Waals surface area contributed by atoms with E-state index in [0.717, 1.165) is 31.1 Å². The molecule has 2 aromatic heterocycles. The largest absolute Gasteiger partial charge is 0.433 e. The van der Waals surface area contributed by atoms with E-state index in [0.29, 0.717) is 18.7 Å². The second-order valence-corrected chi connectivity index (χ2v) is 6.28. The zero-order valence-corrected chi connectivity index (χ0v) is 13.6. The first-order chi connectivity index (χ1) is 12.0. The van der Waals surface area contributed by atoms with E-state index in [1.807, 2.05) is 12.1 Å². The Balaban J connectivity index is 1.66. The predicted molar refractivity (Wildman–Crippen MR) is 90.3 cm³/mol. The fourth-order valence-electron chi connectivity index (χ4n) is 3.59. The molecule has 0 saturated carbocycles. The molecule has 0 unspecified atom stereocenters. The highest BCUT2D eigenvalue weighted by Gasteiger charge is 2.32. The molecule has 0 aliphatic carbocycles. The van der Waals surface area contributed by atoms with Crippen LogP contribution in [0.4, 0.5) is 13.2 Å². The van der Waals surface area contributed by atoms with Crippen LogP contribution in [0.25, 0.3) is 10.9 Å². The van der Waals surface area contributed by atoms with Crippen molar-refractivity contribution < 1.29 is 13.2 Å². The number of nitrogens with zero attached hydrogens (tertiary/aromatic N) is 2. The summed E-state index contributed by atoms with van der Waals surface area (Å²) in [6, 6.07) is 12.3. The lowest BCUT2D eigenvalue weighted by atomic mass is 10.1. The van der Waals surface area contributed by atoms with Gasteiger partial charge < -0.3 is 9.88 Å². The van der Waals surface area contributed by atoms with Crippen molar-refractivity contribution in [2.24, 2.45) is 0 Å². The van der Waals surface area contributed by atoms with Crippen LogP contribution >= 0.6 is 0 Å². The lowest BCUT2D eigenvalue weighted by molar-refractivity contribution is -0.141. The molecule has 6 heteroatoms. The van der Waals surface area contributed by atoms with Gasteiger partial charge in [-0.1, -0.05) is 24.3 Å². The van der Waals surface area contributed by atoms with Crippen LogP contribution in [-0.4, -0.2) is 16.1 Å². The first-order valence-corrected chi connectivity index (χ1v) is 8.37. The van der Waals surface area contributed by atoms with Crippen molar-refractivity contribution in [1.29, 1.82) is 0 Å². The Morgan fingerprint density at radius 3 is 2.76 bits per heavy atom. The number of halogens is 3. The Kier molecular flexibility index (Phi) is 4.00. The number of aryl methyl sites for hydroxylation is 2. The highest BCUT2D eigenvalue weighted by atomic mass is 19.4. The van der Waals surface area contributed by atoms with Crippen molar-refractivity contribution in [3.05, 3.63) is 65.1 Å². The van der Waals surface area contributed by atoms with Crippen LogP contribution in [0.2, 0.25) is 0 Å². The van der Waals surface area contributed by atoms with Crippen molar-refractivity contribution in [2.45, 2.75) is 32.1 Å². The molecule has 0 spiro atoms. The Morgan fingerprint density at radius 2 is 1.92 bits per heavy atom. The molecule has 1 N–H and O–H groups in total. The fourth-order valence-corrected chi connectivity index (χ4v) is 3.59. The van der Waals surface area contributed by atoms with Crippen molar-refractivity contribution in [1.82, 2.24) is 14.9 Å². The van der Waals surface area contributed by atoms with Gasteiger partial charge in [-0.2, -0.15) is 13.2 Å². The molecule has 0 atom stereocenters. The number of para-hydroxylation sites is 1. The molecule has 1 aliphatic rings. The molecular weight excluding hydrogens is 327 g/mol. The summed E-state index contributed by atoms with van der Waals surface area (Å²) in [7, 11) is 0. The second kappa shape index (κ2) is 6.19. The summed E-state index contributed by atoms with van der Waals surface area (Å²) in [6.07, 6.45) is -3.00. The maximum absolute atomic E-state index is 12.8. The lowest BCUT2D eigenvalue weighted by Gasteiger charge is -2.17. The van der Waals surface area contributed by atoms with Crippen LogP contribution in [0.5, 0.6) is 0 Å². The van der Waals surface area contributed by atoms with Crippen molar-refractivity contribution in [3.63, 3.8) is 0 Å². The number of nitrogens with one attached hydrogen (secondary N) is 1. The molecule has 3 heterocycles. The average Bonchev–Trinajstić information content (AvgIpc) is 2.94. The van der Waals surface area contributed by atoms with Crippen molar-refractivity contribution in [2.75, 3.05) is 6.54 Å². The van der Waals surface area contributed by atoms with Gasteiger partial charge >= 0.3 is 6.18 Å². The molecule has 0 saturated heterocycles. The van der Waals surface area contributed by atoms with Gasteiger partial charge in [0.25, 0.3) is 0 Å². The number of hydrogen-bond acceptors (Lipinski definition) is 2. The third kappa shape index (κ3) is 3.02. The summed E-state index contributed by atoms with van der Waals surface area (Å²) < 4.78 is 40.8. The molecule has 0 radical (unpaired) electrons. The highest BCUT2D eigenvalue weighted by molar-refractivity contribution is 5.85. The van der Waals surface area contributed by atoms with Crippen LogP contribution in [-0.2, 0) is 32.1 Å². The second-order valence-electron chi connectivity index (χ2n) is 6.28. The fraction of sp³-hybridized carbons (Fsp3) is 0.316. The van der Waals surface area contributed by atoms with Gasteiger partial charge in [-0.15, -0.1) is 0 Å². The molecule has 1 aromatic carbocycles. The summed E-state index contributed by atoms with van der Waals surface area (Å²) in [4.78, 5) is 3.78. The summed E-state index contributed by atoms with van der Waals surface area (Å²) in [5, 5.41) is 4.62. The molecule has 4 rings (SSSR count). The van der Waals surface area contributed by atoms with Crippen LogP contribution in [0.1, 0.15) is 22.6 Å². The van der Waals surface area contributed by atoms with E-state index in [-0.39, 0.29) is 0 Å². The molecule has 130 valence electrons. The van der Waals surface area contributed by atoms with E-state index < -0.39 is 11.9 Å². The smallest absolute Gasteiger partial charge is 0.344 e. The topological polar surface area (TPSA) is 29.9 Å². The SMILES string of the molecule is FC(F)(F)c1cccc(CCn2c3c(c4ccccc42)CNCC3)n1. The van der Waals surface area contributed by atoms with Crippen LogP contribution in [0, 0.1) is 0 Å². The summed E-state index contributed by atoms with van der Waals surface area (Å²) in [5.74, 6) is 0. The van der Waals surface area contributed by atoms with Gasteiger partial charge in [0.1, 0.15) is 5.69 Å². The maximum atomic E-state index is 12.8. The Hall–Kier alpha value is -2.34. The minimum atomic E-state index is -4.40. The summed E-state index contributed by atoms with van der Waals surface area (Å²) >= 11 is 0. The van der Waals surface area contributed by atoms with Gasteiger partial charge in [0.15, 0.2) is 0 Å². The van der Waals surface area contributed by atoms with Crippen LogP contribution < -0.4 is 5.32 Å². The number of pyridine rings is 1. The molecule has 0 fully saturated rings. The van der Waals surface area contributed by atoms with E-state index in [9.17, 15) is 13.2 Å². The molecule has 0 amide bonds. The third-order valence-corrected chi connectivity index (χ3v) is 4.72. The number of benzene rings is 1. The molecule has 3 nitrogen and oxygen atoms in total. The molecular formula is C19H18F3N3. The normalized spacial score (nSPS) is 14.7. The van der Waals surface area contributed by atoms with Gasteiger partial charge in [-0.25, -0.2) is 4.98 Å². The van der Waals surface area contributed by atoms with Gasteiger partial charge in [-0.05, 0) is 23.8 Å².